The summed E-state index contributed by atoms with van der Waals surface area (Å²) < 4.78 is 19.0. The molecule has 2 rings (SSSR count). The van der Waals surface area contributed by atoms with Crippen LogP contribution in [0.5, 0.6) is 5.75 Å². The van der Waals surface area contributed by atoms with Gasteiger partial charge in [-0.25, -0.2) is 4.39 Å². The molecule has 0 aliphatic heterocycles. The van der Waals surface area contributed by atoms with Gasteiger partial charge >= 0.3 is 0 Å². The summed E-state index contributed by atoms with van der Waals surface area (Å²) in [5, 5.41) is 10.8. The maximum Gasteiger partial charge on any atom is 0.142 e. The highest BCUT2D eigenvalue weighted by Crippen LogP contribution is 2.21. The Labute approximate surface area is 133 Å². The second kappa shape index (κ2) is 7.12. The van der Waals surface area contributed by atoms with Crippen LogP contribution in [-0.4, -0.2) is 17.3 Å². The zero-order valence-corrected chi connectivity index (χ0v) is 12.9. The van der Waals surface area contributed by atoms with Crippen molar-refractivity contribution in [2.45, 2.75) is 25.6 Å². The lowest BCUT2D eigenvalue weighted by Gasteiger charge is -2.21. The van der Waals surface area contributed by atoms with Crippen LogP contribution in [0.2, 0.25) is 10.0 Å². The standard InChI is InChI=1S/C16H15Cl2FO2/c1-10(21-13-4-2-3-12(17)9-13)16(20)8-11-5-6-14(18)15(19)7-11/h2-7,9-10,16,20H,8H2,1H3. The summed E-state index contributed by atoms with van der Waals surface area (Å²) in [4.78, 5) is 0. The Bertz CT molecular complexity index is 619. The molecule has 0 heterocycles. The van der Waals surface area contributed by atoms with Gasteiger partial charge in [-0.1, -0.05) is 35.3 Å². The normalized spacial score (nSPS) is 13.8. The third-order valence-electron chi connectivity index (χ3n) is 3.09. The molecule has 2 nitrogen and oxygen atoms in total. The molecule has 0 spiro atoms. The molecule has 5 heteroatoms. The summed E-state index contributed by atoms with van der Waals surface area (Å²) >= 11 is 11.5. The first-order valence-corrected chi connectivity index (χ1v) is 7.25. The van der Waals surface area contributed by atoms with E-state index in [2.05, 4.69) is 0 Å². The number of benzene rings is 2. The topological polar surface area (TPSA) is 29.5 Å². The number of hydrogen-bond acceptors (Lipinski definition) is 2. The molecule has 21 heavy (non-hydrogen) atoms. The van der Waals surface area contributed by atoms with E-state index >= 15 is 0 Å². The minimum atomic E-state index is -0.774. The fourth-order valence-corrected chi connectivity index (χ4v) is 2.21. The first-order chi connectivity index (χ1) is 9.95. The predicted molar refractivity (Wildman–Crippen MR) is 82.7 cm³/mol. The van der Waals surface area contributed by atoms with Crippen molar-refractivity contribution in [2.75, 3.05) is 0 Å². The van der Waals surface area contributed by atoms with Gasteiger partial charge in [0.2, 0.25) is 0 Å². The van der Waals surface area contributed by atoms with Gasteiger partial charge in [-0.2, -0.15) is 0 Å². The van der Waals surface area contributed by atoms with E-state index in [1.165, 1.54) is 12.1 Å². The Morgan fingerprint density at radius 1 is 1.19 bits per heavy atom. The van der Waals surface area contributed by atoms with Gasteiger partial charge in [0.15, 0.2) is 0 Å². The van der Waals surface area contributed by atoms with Gasteiger partial charge in [-0.05, 0) is 42.8 Å². The molecule has 0 aromatic heterocycles. The highest BCUT2D eigenvalue weighted by atomic mass is 35.5. The zero-order chi connectivity index (χ0) is 15.4. The third kappa shape index (κ3) is 4.60. The van der Waals surface area contributed by atoms with Gasteiger partial charge in [-0.3, -0.25) is 0 Å². The largest absolute Gasteiger partial charge is 0.488 e. The van der Waals surface area contributed by atoms with Crippen LogP contribution in [0.15, 0.2) is 42.5 Å². The number of rotatable bonds is 5. The Morgan fingerprint density at radius 2 is 1.95 bits per heavy atom. The Morgan fingerprint density at radius 3 is 2.62 bits per heavy atom. The maximum atomic E-state index is 13.4. The average molecular weight is 329 g/mol. The second-order valence-electron chi connectivity index (χ2n) is 4.80. The summed E-state index contributed by atoms with van der Waals surface area (Å²) in [6, 6.07) is 11.4. The van der Waals surface area contributed by atoms with Crippen molar-refractivity contribution in [3.8, 4) is 5.75 Å². The van der Waals surface area contributed by atoms with Crippen LogP contribution in [0.25, 0.3) is 0 Å². The number of aliphatic hydroxyl groups is 1. The molecule has 0 radical (unpaired) electrons. The summed E-state index contributed by atoms with van der Waals surface area (Å²) in [6.07, 6.45) is -0.956. The van der Waals surface area contributed by atoms with E-state index in [0.29, 0.717) is 16.3 Å². The molecule has 0 aliphatic rings. The fraction of sp³-hybridized carbons (Fsp3) is 0.250. The van der Waals surface area contributed by atoms with E-state index in [-0.39, 0.29) is 11.4 Å². The lowest BCUT2D eigenvalue weighted by molar-refractivity contribution is 0.0478. The van der Waals surface area contributed by atoms with Crippen LogP contribution < -0.4 is 4.74 Å². The number of hydrogen-bond donors (Lipinski definition) is 1. The highest BCUT2D eigenvalue weighted by Gasteiger charge is 2.17. The Balaban J connectivity index is 1.98. The van der Waals surface area contributed by atoms with Crippen molar-refractivity contribution in [3.05, 3.63) is 63.9 Å². The van der Waals surface area contributed by atoms with Crippen LogP contribution in [0.4, 0.5) is 4.39 Å². The van der Waals surface area contributed by atoms with Gasteiger partial charge in [0.05, 0.1) is 11.1 Å². The smallest absolute Gasteiger partial charge is 0.142 e. The number of aliphatic hydroxyl groups excluding tert-OH is 1. The molecule has 112 valence electrons. The van der Waals surface area contributed by atoms with Crippen molar-refractivity contribution < 1.29 is 14.2 Å². The fourth-order valence-electron chi connectivity index (χ4n) is 1.91. The predicted octanol–water partition coefficient (Wildman–Crippen LogP) is 4.50. The van der Waals surface area contributed by atoms with Gasteiger partial charge in [0, 0.05) is 11.4 Å². The van der Waals surface area contributed by atoms with E-state index in [1.54, 1.807) is 37.3 Å². The monoisotopic (exact) mass is 328 g/mol. The molecule has 0 amide bonds. The van der Waals surface area contributed by atoms with E-state index in [1.807, 2.05) is 0 Å². The molecule has 0 aliphatic carbocycles. The van der Waals surface area contributed by atoms with Crippen molar-refractivity contribution >= 4 is 23.2 Å². The Hall–Kier alpha value is -1.29. The first-order valence-electron chi connectivity index (χ1n) is 6.50. The molecule has 2 atom stereocenters. The molecule has 2 aromatic rings. The molecule has 0 bridgehead atoms. The molecule has 0 saturated carbocycles. The van der Waals surface area contributed by atoms with E-state index in [9.17, 15) is 9.50 Å². The molecule has 2 unspecified atom stereocenters. The quantitative estimate of drug-likeness (QED) is 0.875. The summed E-state index contributed by atoms with van der Waals surface area (Å²) in [6.45, 7) is 1.75. The van der Waals surface area contributed by atoms with Crippen LogP contribution in [0, 0.1) is 5.82 Å². The summed E-state index contributed by atoms with van der Waals surface area (Å²) in [7, 11) is 0. The molecule has 1 N–H and O–H groups in total. The maximum absolute atomic E-state index is 13.4. The second-order valence-corrected chi connectivity index (χ2v) is 5.64. The summed E-state index contributed by atoms with van der Waals surface area (Å²) in [5.41, 5.74) is 0.658. The zero-order valence-electron chi connectivity index (χ0n) is 11.4. The minimum absolute atomic E-state index is 0.0662. The number of ether oxygens (including phenoxy) is 1. The molecular formula is C16H15Cl2FO2. The van der Waals surface area contributed by atoms with Crippen molar-refractivity contribution in [3.63, 3.8) is 0 Å². The number of halogens is 3. The van der Waals surface area contributed by atoms with Crippen molar-refractivity contribution in [1.29, 1.82) is 0 Å². The molecule has 2 aromatic carbocycles. The first kappa shape index (κ1) is 16.1. The molecule has 0 saturated heterocycles. The van der Waals surface area contributed by atoms with Crippen LogP contribution in [-0.2, 0) is 6.42 Å². The van der Waals surface area contributed by atoms with Gasteiger partial charge in [0.1, 0.15) is 17.7 Å². The van der Waals surface area contributed by atoms with Crippen LogP contribution in [0.1, 0.15) is 12.5 Å². The van der Waals surface area contributed by atoms with Crippen molar-refractivity contribution in [1.82, 2.24) is 0 Å². The summed E-state index contributed by atoms with van der Waals surface area (Å²) in [5.74, 6) is 0.0844. The third-order valence-corrected chi connectivity index (χ3v) is 3.63. The molecular weight excluding hydrogens is 314 g/mol. The van der Waals surface area contributed by atoms with Crippen LogP contribution >= 0.6 is 23.2 Å². The minimum Gasteiger partial charge on any atom is -0.488 e. The SMILES string of the molecule is CC(Oc1cccc(Cl)c1)C(O)Cc1ccc(Cl)c(F)c1. The van der Waals surface area contributed by atoms with E-state index in [4.69, 9.17) is 27.9 Å². The average Bonchev–Trinajstić information content (AvgIpc) is 2.43. The van der Waals surface area contributed by atoms with E-state index in [0.717, 1.165) is 0 Å². The Kier molecular flexibility index (Phi) is 5.45. The van der Waals surface area contributed by atoms with Crippen LogP contribution in [0.3, 0.4) is 0 Å². The lowest BCUT2D eigenvalue weighted by Crippen LogP contribution is -2.30. The molecule has 0 fully saturated rings. The van der Waals surface area contributed by atoms with Gasteiger partial charge in [-0.15, -0.1) is 0 Å². The van der Waals surface area contributed by atoms with E-state index < -0.39 is 18.0 Å². The van der Waals surface area contributed by atoms with Crippen molar-refractivity contribution in [2.24, 2.45) is 0 Å². The van der Waals surface area contributed by atoms with Gasteiger partial charge in [0.25, 0.3) is 0 Å². The highest BCUT2D eigenvalue weighted by molar-refractivity contribution is 6.31. The lowest BCUT2D eigenvalue weighted by atomic mass is 10.0. The van der Waals surface area contributed by atoms with Gasteiger partial charge < -0.3 is 9.84 Å².